The van der Waals surface area contributed by atoms with Gasteiger partial charge in [0.1, 0.15) is 5.49 Å². The van der Waals surface area contributed by atoms with Crippen LogP contribution in [0, 0.1) is 0 Å². The van der Waals surface area contributed by atoms with E-state index < -0.39 is 0 Å². The Hall–Kier alpha value is -1.05. The smallest absolute Gasteiger partial charge is 0.127 e. The normalized spacial score (nSPS) is 12.9. The molecular weight excluding hydrogens is 160 g/mol. The summed E-state index contributed by atoms with van der Waals surface area (Å²) >= 11 is 0. The Bertz CT molecular complexity index is 321. The topological polar surface area (TPSA) is 17.3 Å². The lowest BCUT2D eigenvalue weighted by Gasteiger charge is -2.11. The fraction of sp³-hybridized carbons (Fsp3) is 0.545. The van der Waals surface area contributed by atoms with Crippen LogP contribution in [-0.2, 0) is 0 Å². The van der Waals surface area contributed by atoms with Crippen molar-refractivity contribution >= 4 is 0 Å². The van der Waals surface area contributed by atoms with Gasteiger partial charge in [0, 0.05) is 18.3 Å². The van der Waals surface area contributed by atoms with E-state index in [9.17, 15) is 0 Å². The van der Waals surface area contributed by atoms with Gasteiger partial charge in [-0.1, -0.05) is 6.07 Å². The van der Waals surface area contributed by atoms with Crippen LogP contribution in [0.4, 0.5) is 0 Å². The molecular formula is C11H18N2. The minimum absolute atomic E-state index is 0.354. The first-order valence-corrected chi connectivity index (χ1v) is 4.82. The van der Waals surface area contributed by atoms with Crippen LogP contribution in [0.15, 0.2) is 29.4 Å². The highest BCUT2D eigenvalue weighted by Crippen LogP contribution is 1.98. The van der Waals surface area contributed by atoms with Gasteiger partial charge in [-0.3, -0.25) is 4.99 Å². The molecule has 2 nitrogen and oxygen atoms in total. The Morgan fingerprint density at radius 1 is 1.15 bits per heavy atom. The molecule has 0 aliphatic carbocycles. The lowest BCUT2D eigenvalue weighted by Crippen LogP contribution is -2.22. The molecule has 0 unspecified atom stereocenters. The summed E-state index contributed by atoms with van der Waals surface area (Å²) in [5.41, 5.74) is 1.06. The number of aromatic nitrogens is 1. The van der Waals surface area contributed by atoms with E-state index >= 15 is 0 Å². The summed E-state index contributed by atoms with van der Waals surface area (Å²) < 4.78 is 2.18. The lowest BCUT2D eigenvalue weighted by molar-refractivity contribution is 0.560. The lowest BCUT2D eigenvalue weighted by atomic mass is 10.3. The van der Waals surface area contributed by atoms with Gasteiger partial charge in [-0.15, -0.1) is 0 Å². The Balaban J connectivity index is 3.20. The second kappa shape index (κ2) is 4.26. The van der Waals surface area contributed by atoms with Gasteiger partial charge in [-0.25, -0.2) is 0 Å². The van der Waals surface area contributed by atoms with Gasteiger partial charge in [0.05, 0.1) is 0 Å². The molecule has 0 saturated heterocycles. The van der Waals surface area contributed by atoms with Crippen molar-refractivity contribution in [2.45, 2.75) is 39.8 Å². The fourth-order valence-electron chi connectivity index (χ4n) is 1.26. The van der Waals surface area contributed by atoms with Crippen LogP contribution in [0.1, 0.15) is 33.7 Å². The van der Waals surface area contributed by atoms with Crippen LogP contribution >= 0.6 is 0 Å². The number of hydrogen-bond acceptors (Lipinski definition) is 1. The third-order valence-electron chi connectivity index (χ3n) is 1.81. The van der Waals surface area contributed by atoms with Crippen LogP contribution in [-0.4, -0.2) is 10.6 Å². The van der Waals surface area contributed by atoms with E-state index in [2.05, 4.69) is 49.5 Å². The zero-order valence-electron chi connectivity index (χ0n) is 8.86. The summed E-state index contributed by atoms with van der Waals surface area (Å²) in [6.45, 7) is 8.52. The van der Waals surface area contributed by atoms with Crippen LogP contribution in [0.3, 0.4) is 0 Å². The second-order valence-electron chi connectivity index (χ2n) is 3.78. The molecule has 0 spiro atoms. The van der Waals surface area contributed by atoms with Gasteiger partial charge < -0.3 is 4.57 Å². The molecule has 0 atom stereocenters. The molecule has 0 radical (unpaired) electrons. The second-order valence-corrected chi connectivity index (χ2v) is 3.78. The summed E-state index contributed by atoms with van der Waals surface area (Å²) in [7, 11) is 0. The quantitative estimate of drug-likeness (QED) is 0.661. The Labute approximate surface area is 79.9 Å². The van der Waals surface area contributed by atoms with Gasteiger partial charge in [-0.2, -0.15) is 0 Å². The molecule has 0 N–H and O–H groups in total. The van der Waals surface area contributed by atoms with Gasteiger partial charge in [0.25, 0.3) is 0 Å². The van der Waals surface area contributed by atoms with Crippen LogP contribution in [0.25, 0.3) is 0 Å². The van der Waals surface area contributed by atoms with Crippen molar-refractivity contribution in [3.63, 3.8) is 0 Å². The van der Waals surface area contributed by atoms with E-state index in [0.29, 0.717) is 12.1 Å². The van der Waals surface area contributed by atoms with Gasteiger partial charge in [0.15, 0.2) is 0 Å². The van der Waals surface area contributed by atoms with E-state index in [1.807, 2.05) is 12.1 Å². The van der Waals surface area contributed by atoms with Crippen molar-refractivity contribution in [2.75, 3.05) is 0 Å². The average Bonchev–Trinajstić information content (AvgIpc) is 2.03. The largest absolute Gasteiger partial charge is 0.331 e. The molecule has 0 amide bonds. The molecule has 1 heterocycles. The molecule has 0 saturated carbocycles. The number of pyridine rings is 1. The van der Waals surface area contributed by atoms with Crippen molar-refractivity contribution in [1.29, 1.82) is 0 Å². The van der Waals surface area contributed by atoms with E-state index in [4.69, 9.17) is 0 Å². The van der Waals surface area contributed by atoms with E-state index in [-0.39, 0.29) is 0 Å². The highest BCUT2D eigenvalue weighted by molar-refractivity contribution is 4.94. The van der Waals surface area contributed by atoms with E-state index in [1.54, 1.807) is 0 Å². The van der Waals surface area contributed by atoms with Crippen molar-refractivity contribution < 1.29 is 0 Å². The zero-order valence-corrected chi connectivity index (χ0v) is 8.86. The van der Waals surface area contributed by atoms with E-state index in [0.717, 1.165) is 5.49 Å². The van der Waals surface area contributed by atoms with Crippen molar-refractivity contribution in [3.8, 4) is 0 Å². The molecule has 0 fully saturated rings. The maximum Gasteiger partial charge on any atom is 0.127 e. The van der Waals surface area contributed by atoms with Crippen molar-refractivity contribution in [1.82, 2.24) is 4.57 Å². The molecule has 1 aromatic rings. The van der Waals surface area contributed by atoms with Crippen LogP contribution < -0.4 is 5.49 Å². The third-order valence-corrected chi connectivity index (χ3v) is 1.81. The predicted octanol–water partition coefficient (Wildman–Crippen LogP) is 2.38. The fourth-order valence-corrected chi connectivity index (χ4v) is 1.26. The van der Waals surface area contributed by atoms with Crippen molar-refractivity contribution in [3.05, 3.63) is 29.9 Å². The highest BCUT2D eigenvalue weighted by atomic mass is 15.0. The standard InChI is InChI=1S/C11H18N2/c1-9(2)12-11-7-5-6-8-13(11)10(3)4/h5-10H,1-4H3/b12-11-. The molecule has 2 heteroatoms. The molecule has 0 bridgehead atoms. The van der Waals surface area contributed by atoms with Gasteiger partial charge in [-0.05, 0) is 39.8 Å². The van der Waals surface area contributed by atoms with Crippen LogP contribution in [0.2, 0.25) is 0 Å². The summed E-state index contributed by atoms with van der Waals surface area (Å²) in [5.74, 6) is 0. The summed E-state index contributed by atoms with van der Waals surface area (Å²) in [6.07, 6.45) is 2.08. The molecule has 0 aliphatic rings. The number of rotatable bonds is 2. The summed E-state index contributed by atoms with van der Waals surface area (Å²) in [4.78, 5) is 4.54. The maximum absolute atomic E-state index is 4.54. The summed E-state index contributed by atoms with van der Waals surface area (Å²) in [5, 5.41) is 0. The first-order chi connectivity index (χ1) is 6.11. The van der Waals surface area contributed by atoms with Gasteiger partial charge in [0.2, 0.25) is 0 Å². The Morgan fingerprint density at radius 3 is 2.38 bits per heavy atom. The molecule has 0 aliphatic heterocycles. The monoisotopic (exact) mass is 178 g/mol. The highest BCUT2D eigenvalue weighted by Gasteiger charge is 1.96. The molecule has 13 heavy (non-hydrogen) atoms. The summed E-state index contributed by atoms with van der Waals surface area (Å²) in [6, 6.07) is 6.95. The molecule has 72 valence electrons. The molecule has 1 aromatic heterocycles. The zero-order chi connectivity index (χ0) is 9.84. The SMILES string of the molecule is CC(C)/N=c1/ccccn1C(C)C. The Kier molecular flexibility index (Phi) is 3.29. The molecule has 0 aromatic carbocycles. The minimum atomic E-state index is 0.354. The number of nitrogens with zero attached hydrogens (tertiary/aromatic N) is 2. The van der Waals surface area contributed by atoms with E-state index in [1.165, 1.54) is 0 Å². The average molecular weight is 178 g/mol. The minimum Gasteiger partial charge on any atom is -0.331 e. The first kappa shape index (κ1) is 10.0. The third kappa shape index (κ3) is 2.72. The number of hydrogen-bond donors (Lipinski definition) is 0. The maximum atomic E-state index is 4.54. The first-order valence-electron chi connectivity index (χ1n) is 4.82. The molecule has 1 rings (SSSR count). The van der Waals surface area contributed by atoms with Gasteiger partial charge >= 0.3 is 0 Å². The Morgan fingerprint density at radius 2 is 1.85 bits per heavy atom. The predicted molar refractivity (Wildman–Crippen MR) is 55.5 cm³/mol. The van der Waals surface area contributed by atoms with Crippen molar-refractivity contribution in [2.24, 2.45) is 4.99 Å². The van der Waals surface area contributed by atoms with Crippen LogP contribution in [0.5, 0.6) is 0 Å².